The summed E-state index contributed by atoms with van der Waals surface area (Å²) >= 11 is 6.31. The maximum atomic E-state index is 6.31. The molecule has 2 aromatic carbocycles. The van der Waals surface area contributed by atoms with Crippen LogP contribution >= 0.6 is 11.6 Å². The molecule has 1 heterocycles. The minimum absolute atomic E-state index is 0.235. The predicted octanol–water partition coefficient (Wildman–Crippen LogP) is 3.84. The Labute approximate surface area is 106 Å². The number of halogens is 1. The van der Waals surface area contributed by atoms with Crippen molar-refractivity contribution in [1.82, 2.24) is 5.32 Å². The highest BCUT2D eigenvalue weighted by molar-refractivity contribution is 6.31. The van der Waals surface area contributed by atoms with Crippen molar-refractivity contribution in [3.63, 3.8) is 0 Å². The van der Waals surface area contributed by atoms with Crippen LogP contribution in [0.2, 0.25) is 5.02 Å². The molecule has 0 saturated carbocycles. The first-order chi connectivity index (χ1) is 8.25. The molecular weight excluding hydrogens is 230 g/mol. The van der Waals surface area contributed by atoms with E-state index in [0.29, 0.717) is 0 Å². The van der Waals surface area contributed by atoms with Crippen LogP contribution in [-0.4, -0.2) is 0 Å². The average Bonchev–Trinajstić information content (AvgIpc) is 2.75. The summed E-state index contributed by atoms with van der Waals surface area (Å²) in [5.74, 6) is 0. The maximum Gasteiger partial charge on any atom is 0.0597 e. The largest absolute Gasteiger partial charge is 0.302 e. The van der Waals surface area contributed by atoms with Crippen LogP contribution in [-0.2, 0) is 6.54 Å². The smallest absolute Gasteiger partial charge is 0.0597 e. The highest BCUT2D eigenvalue weighted by atomic mass is 35.5. The number of hydrogen-bond donors (Lipinski definition) is 1. The Bertz CT molecular complexity index is 545. The monoisotopic (exact) mass is 243 g/mol. The van der Waals surface area contributed by atoms with Gasteiger partial charge in [0.25, 0.3) is 0 Å². The van der Waals surface area contributed by atoms with Crippen LogP contribution < -0.4 is 5.32 Å². The molecule has 1 atom stereocenters. The molecule has 0 bridgehead atoms. The van der Waals surface area contributed by atoms with Gasteiger partial charge in [-0.2, -0.15) is 0 Å². The van der Waals surface area contributed by atoms with Crippen molar-refractivity contribution < 1.29 is 0 Å². The van der Waals surface area contributed by atoms with Gasteiger partial charge >= 0.3 is 0 Å². The summed E-state index contributed by atoms with van der Waals surface area (Å²) in [6.45, 7) is 3.00. The van der Waals surface area contributed by atoms with E-state index in [1.54, 1.807) is 0 Å². The van der Waals surface area contributed by atoms with Crippen LogP contribution in [0.5, 0.6) is 0 Å². The molecule has 86 valence electrons. The number of benzene rings is 2. The molecule has 17 heavy (non-hydrogen) atoms. The van der Waals surface area contributed by atoms with Gasteiger partial charge in [0.1, 0.15) is 0 Å². The molecule has 1 unspecified atom stereocenters. The van der Waals surface area contributed by atoms with Gasteiger partial charge in [-0.3, -0.25) is 0 Å². The quantitative estimate of drug-likeness (QED) is 0.803. The zero-order chi connectivity index (χ0) is 11.8. The topological polar surface area (TPSA) is 12.0 Å². The second-order valence-electron chi connectivity index (χ2n) is 4.54. The summed E-state index contributed by atoms with van der Waals surface area (Å²) in [4.78, 5) is 0. The number of nitrogens with one attached hydrogen (secondary N) is 1. The van der Waals surface area contributed by atoms with E-state index in [2.05, 4.69) is 42.6 Å². The molecule has 1 aliphatic heterocycles. The molecule has 0 fully saturated rings. The van der Waals surface area contributed by atoms with Gasteiger partial charge in [-0.25, -0.2) is 0 Å². The van der Waals surface area contributed by atoms with Crippen molar-refractivity contribution >= 4 is 11.6 Å². The van der Waals surface area contributed by atoms with Gasteiger partial charge in [-0.1, -0.05) is 53.6 Å². The van der Waals surface area contributed by atoms with Gasteiger partial charge in [-0.15, -0.1) is 0 Å². The van der Waals surface area contributed by atoms with E-state index < -0.39 is 0 Å². The van der Waals surface area contributed by atoms with Gasteiger partial charge < -0.3 is 5.32 Å². The van der Waals surface area contributed by atoms with Crippen molar-refractivity contribution in [3.8, 4) is 0 Å². The summed E-state index contributed by atoms with van der Waals surface area (Å²) in [6, 6.07) is 15.0. The lowest BCUT2D eigenvalue weighted by molar-refractivity contribution is 0.667. The molecule has 0 saturated heterocycles. The third-order valence-corrected chi connectivity index (χ3v) is 3.67. The highest BCUT2D eigenvalue weighted by Crippen LogP contribution is 2.35. The molecule has 0 spiro atoms. The second-order valence-corrected chi connectivity index (χ2v) is 4.94. The van der Waals surface area contributed by atoms with E-state index in [9.17, 15) is 0 Å². The summed E-state index contributed by atoms with van der Waals surface area (Å²) in [6.07, 6.45) is 0. The molecule has 0 aliphatic carbocycles. The van der Waals surface area contributed by atoms with Crippen LogP contribution in [0.4, 0.5) is 0 Å². The first-order valence-electron chi connectivity index (χ1n) is 5.83. The van der Waals surface area contributed by atoms with Crippen molar-refractivity contribution in [2.75, 3.05) is 0 Å². The normalized spacial score (nSPS) is 18.1. The lowest BCUT2D eigenvalue weighted by Crippen LogP contribution is -2.13. The molecule has 0 aromatic heterocycles. The highest BCUT2D eigenvalue weighted by Gasteiger charge is 2.25. The first kappa shape index (κ1) is 10.8. The van der Waals surface area contributed by atoms with Crippen LogP contribution in [0.15, 0.2) is 42.5 Å². The molecular formula is C15H14ClN. The molecule has 2 heteroatoms. The van der Waals surface area contributed by atoms with Crippen molar-refractivity contribution in [2.24, 2.45) is 0 Å². The Morgan fingerprint density at radius 1 is 1.12 bits per heavy atom. The summed E-state index contributed by atoms with van der Waals surface area (Å²) in [7, 11) is 0. The molecule has 0 radical (unpaired) electrons. The van der Waals surface area contributed by atoms with Crippen molar-refractivity contribution in [2.45, 2.75) is 19.5 Å². The molecule has 1 aliphatic rings. The fraction of sp³-hybridized carbons (Fsp3) is 0.200. The van der Waals surface area contributed by atoms with Gasteiger partial charge in [0, 0.05) is 11.6 Å². The number of hydrogen-bond acceptors (Lipinski definition) is 1. The minimum Gasteiger partial charge on any atom is -0.302 e. The Kier molecular flexibility index (Phi) is 2.65. The Balaban J connectivity index is 2.06. The van der Waals surface area contributed by atoms with Crippen molar-refractivity contribution in [1.29, 1.82) is 0 Å². The van der Waals surface area contributed by atoms with E-state index >= 15 is 0 Å². The van der Waals surface area contributed by atoms with Gasteiger partial charge in [0.05, 0.1) is 6.04 Å². The molecule has 2 aromatic rings. The van der Waals surface area contributed by atoms with E-state index in [1.165, 1.54) is 22.3 Å². The first-order valence-corrected chi connectivity index (χ1v) is 6.21. The Hall–Kier alpha value is -1.31. The van der Waals surface area contributed by atoms with Crippen molar-refractivity contribution in [3.05, 3.63) is 69.7 Å². The fourth-order valence-electron chi connectivity index (χ4n) is 2.42. The Morgan fingerprint density at radius 2 is 1.88 bits per heavy atom. The van der Waals surface area contributed by atoms with Crippen LogP contribution in [0, 0.1) is 6.92 Å². The summed E-state index contributed by atoms with van der Waals surface area (Å²) in [5.41, 5.74) is 5.11. The van der Waals surface area contributed by atoms with E-state index in [4.69, 9.17) is 11.6 Å². The number of fused-ring (bicyclic) bond motifs is 1. The van der Waals surface area contributed by atoms with Crippen LogP contribution in [0.1, 0.15) is 28.3 Å². The lowest BCUT2D eigenvalue weighted by atomic mass is 9.98. The zero-order valence-corrected chi connectivity index (χ0v) is 10.5. The summed E-state index contributed by atoms with van der Waals surface area (Å²) in [5, 5.41) is 4.37. The van der Waals surface area contributed by atoms with Gasteiger partial charge in [0.2, 0.25) is 0 Å². The average molecular weight is 244 g/mol. The third kappa shape index (κ3) is 1.86. The van der Waals surface area contributed by atoms with E-state index in [1.807, 2.05) is 12.1 Å². The zero-order valence-electron chi connectivity index (χ0n) is 9.70. The molecule has 1 N–H and O–H groups in total. The standard InChI is InChI=1S/C15H14ClN/c1-10-5-7-11(8-6-10)15-14-12(9-17-15)3-2-4-13(14)16/h2-8,15,17H,9H2,1H3. The minimum atomic E-state index is 0.235. The number of aryl methyl sites for hydroxylation is 1. The SMILES string of the molecule is Cc1ccc(C2NCc3cccc(Cl)c32)cc1. The summed E-state index contributed by atoms with van der Waals surface area (Å²) < 4.78 is 0. The van der Waals surface area contributed by atoms with Crippen LogP contribution in [0.25, 0.3) is 0 Å². The van der Waals surface area contributed by atoms with Gasteiger partial charge in [0.15, 0.2) is 0 Å². The number of rotatable bonds is 1. The molecule has 0 amide bonds. The van der Waals surface area contributed by atoms with Gasteiger partial charge in [-0.05, 0) is 29.7 Å². The fourth-order valence-corrected chi connectivity index (χ4v) is 2.72. The van der Waals surface area contributed by atoms with E-state index in [0.717, 1.165) is 11.6 Å². The molecule has 1 nitrogen and oxygen atoms in total. The predicted molar refractivity (Wildman–Crippen MR) is 71.3 cm³/mol. The molecule has 3 rings (SSSR count). The van der Waals surface area contributed by atoms with E-state index in [-0.39, 0.29) is 6.04 Å². The maximum absolute atomic E-state index is 6.31. The van der Waals surface area contributed by atoms with Crippen LogP contribution in [0.3, 0.4) is 0 Å². The lowest BCUT2D eigenvalue weighted by Gasteiger charge is -2.14. The Morgan fingerprint density at radius 3 is 2.65 bits per heavy atom. The third-order valence-electron chi connectivity index (χ3n) is 3.34. The second kappa shape index (κ2) is 4.17.